The van der Waals surface area contributed by atoms with E-state index >= 15 is 0 Å². The van der Waals surface area contributed by atoms with Crippen LogP contribution in [0.1, 0.15) is 15.9 Å². The van der Waals surface area contributed by atoms with E-state index in [0.29, 0.717) is 0 Å². The van der Waals surface area contributed by atoms with E-state index in [0.717, 1.165) is 16.3 Å². The van der Waals surface area contributed by atoms with Gasteiger partial charge in [-0.2, -0.15) is 0 Å². The van der Waals surface area contributed by atoms with Crippen LogP contribution in [-0.4, -0.2) is 29.5 Å². The molecule has 3 rings (SSSR count). The second-order valence-corrected chi connectivity index (χ2v) is 5.93. The van der Waals surface area contributed by atoms with Crippen molar-refractivity contribution in [3.8, 4) is 5.75 Å². The van der Waals surface area contributed by atoms with E-state index in [4.69, 9.17) is 4.74 Å². The van der Waals surface area contributed by atoms with Crippen LogP contribution in [0.25, 0.3) is 10.8 Å². The average Bonchev–Trinajstić information content (AvgIpc) is 2.66. The van der Waals surface area contributed by atoms with Crippen molar-refractivity contribution in [1.29, 1.82) is 0 Å². The highest BCUT2D eigenvalue weighted by molar-refractivity contribution is 6.01. The summed E-state index contributed by atoms with van der Waals surface area (Å²) >= 11 is 0. The molecule has 136 valence electrons. The summed E-state index contributed by atoms with van der Waals surface area (Å²) in [6, 6.07) is 19.1. The number of carbonyl (C=O) groups excluding carboxylic acids is 3. The van der Waals surface area contributed by atoms with Crippen LogP contribution >= 0.6 is 0 Å². The molecule has 0 saturated heterocycles. The van der Waals surface area contributed by atoms with E-state index in [2.05, 4.69) is 5.32 Å². The highest BCUT2D eigenvalue weighted by atomic mass is 16.5. The lowest BCUT2D eigenvalue weighted by Gasteiger charge is -2.08. The van der Waals surface area contributed by atoms with Gasteiger partial charge >= 0.3 is 5.97 Å². The average molecular weight is 363 g/mol. The molecule has 2 N–H and O–H groups in total. The van der Waals surface area contributed by atoms with Crippen LogP contribution in [0, 0.1) is 0 Å². The van der Waals surface area contributed by atoms with Crippen molar-refractivity contribution in [2.75, 3.05) is 6.61 Å². The molecule has 0 aliphatic rings. The summed E-state index contributed by atoms with van der Waals surface area (Å²) in [5.41, 5.74) is 0.720. The van der Waals surface area contributed by atoms with Crippen LogP contribution in [0.15, 0.2) is 66.7 Å². The summed E-state index contributed by atoms with van der Waals surface area (Å²) in [4.78, 5) is 35.8. The number of hydrogen-bond acceptors (Lipinski definition) is 5. The van der Waals surface area contributed by atoms with Crippen LogP contribution in [-0.2, 0) is 20.7 Å². The molecule has 0 aromatic heterocycles. The molecule has 27 heavy (non-hydrogen) atoms. The normalized spacial score (nSPS) is 10.4. The van der Waals surface area contributed by atoms with Gasteiger partial charge in [-0.05, 0) is 28.5 Å². The standard InChI is InChI=1S/C21H17NO5/c23-18-12-16-9-5-4-8-15(16)11-17(18)21(26)27-13-20(25)22-19(24)10-14-6-2-1-3-7-14/h1-9,11-12,23H,10,13H2,(H,22,24,25). The molecule has 0 heterocycles. The zero-order valence-electron chi connectivity index (χ0n) is 14.3. The molecule has 0 spiro atoms. The van der Waals surface area contributed by atoms with Crippen molar-refractivity contribution in [2.24, 2.45) is 0 Å². The van der Waals surface area contributed by atoms with Crippen molar-refractivity contribution < 1.29 is 24.2 Å². The third kappa shape index (κ3) is 4.70. The molecule has 3 aromatic carbocycles. The first-order valence-electron chi connectivity index (χ1n) is 8.28. The van der Waals surface area contributed by atoms with Crippen LogP contribution < -0.4 is 5.32 Å². The zero-order valence-corrected chi connectivity index (χ0v) is 14.3. The van der Waals surface area contributed by atoms with Gasteiger partial charge in [0.2, 0.25) is 5.91 Å². The molecule has 6 heteroatoms. The van der Waals surface area contributed by atoms with E-state index in [1.807, 2.05) is 12.1 Å². The van der Waals surface area contributed by atoms with E-state index in [1.165, 1.54) is 12.1 Å². The Labute approximate surface area is 155 Å². The predicted molar refractivity (Wildman–Crippen MR) is 99.2 cm³/mol. The molecule has 6 nitrogen and oxygen atoms in total. The maximum absolute atomic E-state index is 12.1. The Morgan fingerprint density at radius 1 is 0.852 bits per heavy atom. The van der Waals surface area contributed by atoms with E-state index in [9.17, 15) is 19.5 Å². The van der Waals surface area contributed by atoms with Crippen LogP contribution in [0.4, 0.5) is 0 Å². The number of imide groups is 1. The largest absolute Gasteiger partial charge is 0.507 e. The summed E-state index contributed by atoms with van der Waals surface area (Å²) in [5.74, 6) is -2.30. The van der Waals surface area contributed by atoms with E-state index in [1.54, 1.807) is 42.5 Å². The first kappa shape index (κ1) is 18.1. The molecule has 0 radical (unpaired) electrons. The number of rotatable bonds is 5. The van der Waals surface area contributed by atoms with E-state index in [-0.39, 0.29) is 17.7 Å². The number of phenolic OH excluding ortho intramolecular Hbond substituents is 1. The first-order chi connectivity index (χ1) is 13.0. The van der Waals surface area contributed by atoms with Gasteiger partial charge in [-0.25, -0.2) is 4.79 Å². The van der Waals surface area contributed by atoms with Crippen molar-refractivity contribution in [2.45, 2.75) is 6.42 Å². The van der Waals surface area contributed by atoms with Crippen LogP contribution in [0.3, 0.4) is 0 Å². The van der Waals surface area contributed by atoms with Gasteiger partial charge in [-0.1, -0.05) is 54.6 Å². The minimum Gasteiger partial charge on any atom is -0.507 e. The maximum Gasteiger partial charge on any atom is 0.342 e. The Morgan fingerprint density at radius 2 is 1.48 bits per heavy atom. The minimum atomic E-state index is -0.844. The number of esters is 1. The van der Waals surface area contributed by atoms with Gasteiger partial charge in [0.05, 0.1) is 6.42 Å². The van der Waals surface area contributed by atoms with Gasteiger partial charge < -0.3 is 9.84 Å². The summed E-state index contributed by atoms with van der Waals surface area (Å²) in [6.45, 7) is -0.619. The molecular formula is C21H17NO5. The Bertz CT molecular complexity index is 998. The molecule has 0 saturated carbocycles. The number of aromatic hydroxyl groups is 1. The van der Waals surface area contributed by atoms with E-state index < -0.39 is 24.4 Å². The van der Waals surface area contributed by atoms with Gasteiger partial charge in [0.1, 0.15) is 11.3 Å². The lowest BCUT2D eigenvalue weighted by Crippen LogP contribution is -2.35. The quantitative estimate of drug-likeness (QED) is 0.680. The lowest BCUT2D eigenvalue weighted by molar-refractivity contribution is -0.132. The number of nitrogens with one attached hydrogen (secondary N) is 1. The number of phenols is 1. The number of hydrogen-bond donors (Lipinski definition) is 2. The Kier molecular flexibility index (Phi) is 5.47. The van der Waals surface area contributed by atoms with Gasteiger partial charge in [0.15, 0.2) is 6.61 Å². The highest BCUT2D eigenvalue weighted by Gasteiger charge is 2.16. The molecule has 0 aliphatic heterocycles. The monoisotopic (exact) mass is 363 g/mol. The summed E-state index contributed by atoms with van der Waals surface area (Å²) in [5, 5.41) is 13.7. The smallest absolute Gasteiger partial charge is 0.342 e. The van der Waals surface area contributed by atoms with Crippen LogP contribution in [0.5, 0.6) is 5.75 Å². The number of amides is 2. The zero-order chi connectivity index (χ0) is 19.2. The van der Waals surface area contributed by atoms with Gasteiger partial charge in [-0.15, -0.1) is 0 Å². The molecule has 2 amide bonds. The third-order valence-corrected chi connectivity index (χ3v) is 3.90. The second kappa shape index (κ2) is 8.14. The fraction of sp³-hybridized carbons (Fsp3) is 0.0952. The SMILES string of the molecule is O=C(COC(=O)c1cc2ccccc2cc1O)NC(=O)Cc1ccccc1. The van der Waals surface area contributed by atoms with Crippen LogP contribution in [0.2, 0.25) is 0 Å². The predicted octanol–water partition coefficient (Wildman–Crippen LogP) is 2.59. The Balaban J connectivity index is 1.56. The molecule has 0 aliphatic carbocycles. The van der Waals surface area contributed by atoms with Gasteiger partial charge in [0.25, 0.3) is 5.91 Å². The van der Waals surface area contributed by atoms with Gasteiger partial charge in [0, 0.05) is 0 Å². The van der Waals surface area contributed by atoms with Crippen molar-refractivity contribution in [3.63, 3.8) is 0 Å². The number of benzene rings is 3. The summed E-state index contributed by atoms with van der Waals surface area (Å²) < 4.78 is 4.91. The molecule has 3 aromatic rings. The topological polar surface area (TPSA) is 92.7 Å². The first-order valence-corrected chi connectivity index (χ1v) is 8.28. The second-order valence-electron chi connectivity index (χ2n) is 5.93. The number of ether oxygens (including phenoxy) is 1. The molecule has 0 atom stereocenters. The molecular weight excluding hydrogens is 346 g/mol. The van der Waals surface area contributed by atoms with Crippen molar-refractivity contribution >= 4 is 28.6 Å². The molecule has 0 unspecified atom stereocenters. The number of carbonyl (C=O) groups is 3. The van der Waals surface area contributed by atoms with Crippen molar-refractivity contribution in [3.05, 3.63) is 77.9 Å². The van der Waals surface area contributed by atoms with Crippen molar-refractivity contribution in [1.82, 2.24) is 5.32 Å². The van der Waals surface area contributed by atoms with Gasteiger partial charge in [-0.3, -0.25) is 14.9 Å². The molecule has 0 bridgehead atoms. The Hall–Kier alpha value is -3.67. The number of fused-ring (bicyclic) bond motifs is 1. The lowest BCUT2D eigenvalue weighted by atomic mass is 10.1. The fourth-order valence-corrected chi connectivity index (χ4v) is 2.62. The highest BCUT2D eigenvalue weighted by Crippen LogP contribution is 2.25. The maximum atomic E-state index is 12.1. The fourth-order valence-electron chi connectivity index (χ4n) is 2.62. The third-order valence-electron chi connectivity index (χ3n) is 3.90. The Morgan fingerprint density at radius 3 is 2.19 bits per heavy atom. The summed E-state index contributed by atoms with van der Waals surface area (Å²) in [7, 11) is 0. The molecule has 0 fully saturated rings. The summed E-state index contributed by atoms with van der Waals surface area (Å²) in [6.07, 6.45) is 0.0476. The minimum absolute atomic E-state index is 0.0443.